The van der Waals surface area contributed by atoms with E-state index in [0.717, 1.165) is 31.7 Å². The van der Waals surface area contributed by atoms with Crippen LogP contribution in [0.25, 0.3) is 5.57 Å². The topological polar surface area (TPSA) is 50.8 Å². The van der Waals surface area contributed by atoms with Crippen molar-refractivity contribution >= 4 is 11.5 Å². The molecular weight excluding hydrogens is 457 g/mol. The van der Waals surface area contributed by atoms with Crippen LogP contribution in [0.15, 0.2) is 30.3 Å². The van der Waals surface area contributed by atoms with E-state index in [9.17, 15) is 18.0 Å². The van der Waals surface area contributed by atoms with Crippen LogP contribution < -0.4 is 5.32 Å². The summed E-state index contributed by atoms with van der Waals surface area (Å²) in [4.78, 5) is 15.7. The Morgan fingerprint density at radius 3 is 2.69 bits per heavy atom. The second-order valence-corrected chi connectivity index (χ2v) is 10.4. The summed E-state index contributed by atoms with van der Waals surface area (Å²) in [6, 6.07) is 6.15. The summed E-state index contributed by atoms with van der Waals surface area (Å²) >= 11 is 0. The minimum absolute atomic E-state index is 0.0127. The summed E-state index contributed by atoms with van der Waals surface area (Å²) in [5.74, 6) is 0.303. The zero-order valence-electron chi connectivity index (χ0n) is 20.9. The van der Waals surface area contributed by atoms with Gasteiger partial charge in [-0.05, 0) is 55.2 Å². The number of benzene rings is 1. The SMILES string of the molecule is CO[C@@H]1COCCC1NC1CC[C@@](C(=O)N2CC=C(c3ccccc3C(F)(F)F)CC2)(C(C)C)C1. The molecule has 0 radical (unpaired) electrons. The van der Waals surface area contributed by atoms with Gasteiger partial charge < -0.3 is 19.7 Å². The van der Waals surface area contributed by atoms with Crippen LogP contribution >= 0.6 is 0 Å². The van der Waals surface area contributed by atoms with Crippen LogP contribution in [-0.4, -0.2) is 62.4 Å². The summed E-state index contributed by atoms with van der Waals surface area (Å²) in [5, 5.41) is 3.74. The predicted octanol–water partition coefficient (Wildman–Crippen LogP) is 4.91. The van der Waals surface area contributed by atoms with Crippen LogP contribution in [0.1, 0.15) is 57.1 Å². The Bertz CT molecular complexity index is 932. The van der Waals surface area contributed by atoms with E-state index in [4.69, 9.17) is 9.47 Å². The van der Waals surface area contributed by atoms with Crippen molar-refractivity contribution in [2.45, 2.75) is 70.3 Å². The third kappa shape index (κ3) is 5.44. The number of amides is 1. The number of nitrogens with one attached hydrogen (secondary N) is 1. The summed E-state index contributed by atoms with van der Waals surface area (Å²) < 4.78 is 51.6. The second-order valence-electron chi connectivity index (χ2n) is 10.4. The third-order valence-corrected chi connectivity index (χ3v) is 8.21. The zero-order chi connectivity index (χ0) is 25.2. The molecule has 3 aliphatic rings. The molecule has 2 aliphatic heterocycles. The maximum absolute atomic E-state index is 13.8. The fraction of sp³-hybridized carbons (Fsp3) is 0.667. The molecule has 0 aromatic heterocycles. The number of ether oxygens (including phenoxy) is 2. The first-order valence-electron chi connectivity index (χ1n) is 12.7. The Balaban J connectivity index is 1.45. The van der Waals surface area contributed by atoms with Crippen molar-refractivity contribution in [3.8, 4) is 0 Å². The van der Waals surface area contributed by atoms with E-state index < -0.39 is 17.2 Å². The molecule has 1 N–H and O–H groups in total. The van der Waals surface area contributed by atoms with Gasteiger partial charge in [-0.1, -0.05) is 38.1 Å². The predicted molar refractivity (Wildman–Crippen MR) is 129 cm³/mol. The van der Waals surface area contributed by atoms with E-state index in [1.54, 1.807) is 19.3 Å². The Kier molecular flexibility index (Phi) is 7.93. The van der Waals surface area contributed by atoms with Gasteiger partial charge in [0.25, 0.3) is 0 Å². The lowest BCUT2D eigenvalue weighted by atomic mass is 9.74. The molecule has 2 fully saturated rings. The molecular formula is C27H37F3N2O3. The van der Waals surface area contributed by atoms with Crippen LogP contribution in [0.5, 0.6) is 0 Å². The molecule has 2 heterocycles. The summed E-state index contributed by atoms with van der Waals surface area (Å²) in [5.41, 5.74) is -0.186. The largest absolute Gasteiger partial charge is 0.416 e. The van der Waals surface area contributed by atoms with Crippen LogP contribution in [0.2, 0.25) is 0 Å². The van der Waals surface area contributed by atoms with Crippen LogP contribution in [0.4, 0.5) is 13.2 Å². The van der Waals surface area contributed by atoms with Gasteiger partial charge in [-0.25, -0.2) is 0 Å². The number of carbonyl (C=O) groups excluding carboxylic acids is 1. The molecule has 0 bridgehead atoms. The smallest absolute Gasteiger partial charge is 0.379 e. The quantitative estimate of drug-likeness (QED) is 0.611. The molecule has 194 valence electrons. The fourth-order valence-electron chi connectivity index (χ4n) is 6.04. The van der Waals surface area contributed by atoms with Gasteiger partial charge >= 0.3 is 6.18 Å². The van der Waals surface area contributed by atoms with Crippen LogP contribution in [-0.2, 0) is 20.4 Å². The van der Waals surface area contributed by atoms with E-state index in [-0.39, 0.29) is 35.6 Å². The number of hydrogen-bond donors (Lipinski definition) is 1. The van der Waals surface area contributed by atoms with Crippen LogP contribution in [0, 0.1) is 11.3 Å². The van der Waals surface area contributed by atoms with Gasteiger partial charge in [0, 0.05) is 38.9 Å². The maximum atomic E-state index is 13.8. The van der Waals surface area contributed by atoms with E-state index in [1.165, 1.54) is 12.1 Å². The number of halogens is 3. The van der Waals surface area contributed by atoms with Crippen LogP contribution in [0.3, 0.4) is 0 Å². The highest BCUT2D eigenvalue weighted by molar-refractivity contribution is 5.85. The molecule has 8 heteroatoms. The molecule has 1 saturated carbocycles. The van der Waals surface area contributed by atoms with E-state index in [1.807, 2.05) is 4.90 Å². The number of rotatable bonds is 6. The van der Waals surface area contributed by atoms with Gasteiger partial charge in [-0.3, -0.25) is 4.79 Å². The molecule has 1 aliphatic carbocycles. The first-order chi connectivity index (χ1) is 16.7. The van der Waals surface area contributed by atoms with E-state index in [0.29, 0.717) is 38.3 Å². The van der Waals surface area contributed by atoms with Gasteiger partial charge in [0.15, 0.2) is 0 Å². The third-order valence-electron chi connectivity index (χ3n) is 8.21. The van der Waals surface area contributed by atoms with E-state index in [2.05, 4.69) is 19.2 Å². The van der Waals surface area contributed by atoms with Crippen molar-refractivity contribution in [1.29, 1.82) is 0 Å². The van der Waals surface area contributed by atoms with Gasteiger partial charge in [-0.2, -0.15) is 13.2 Å². The van der Waals surface area contributed by atoms with Gasteiger partial charge in [0.05, 0.1) is 23.7 Å². The lowest BCUT2D eigenvalue weighted by Gasteiger charge is -2.39. The highest BCUT2D eigenvalue weighted by atomic mass is 19.4. The maximum Gasteiger partial charge on any atom is 0.416 e. The van der Waals surface area contributed by atoms with Gasteiger partial charge in [-0.15, -0.1) is 0 Å². The van der Waals surface area contributed by atoms with Crippen molar-refractivity contribution in [3.05, 3.63) is 41.5 Å². The summed E-state index contributed by atoms with van der Waals surface area (Å²) in [7, 11) is 1.70. The Labute approximate surface area is 206 Å². The van der Waals surface area contributed by atoms with Gasteiger partial charge in [0.2, 0.25) is 5.91 Å². The molecule has 4 atom stereocenters. The molecule has 1 aromatic carbocycles. The number of hydrogen-bond acceptors (Lipinski definition) is 4. The standard InChI is InChI=1S/C27H37F3N2O3/c1-18(2)26(12-8-20(16-26)31-23-11-15-35-17-24(23)34-3)25(33)32-13-9-19(10-14-32)21-6-4-5-7-22(21)27(28,29)30/h4-7,9,18,20,23-24,31H,8,10-17H2,1-3H3/t20?,23?,24-,26+/m1/s1. The Morgan fingerprint density at radius 1 is 1.26 bits per heavy atom. The first kappa shape index (κ1) is 26.2. The average Bonchev–Trinajstić information content (AvgIpc) is 3.29. The van der Waals surface area contributed by atoms with Crippen molar-refractivity contribution < 1.29 is 27.4 Å². The van der Waals surface area contributed by atoms with E-state index >= 15 is 0 Å². The lowest BCUT2D eigenvalue weighted by molar-refractivity contribution is -0.144. The van der Waals surface area contributed by atoms with Crippen molar-refractivity contribution in [2.24, 2.45) is 11.3 Å². The highest BCUT2D eigenvalue weighted by Crippen LogP contribution is 2.47. The summed E-state index contributed by atoms with van der Waals surface area (Å²) in [6.07, 6.45) is 1.22. The monoisotopic (exact) mass is 494 g/mol. The average molecular weight is 495 g/mol. The van der Waals surface area contributed by atoms with Crippen molar-refractivity contribution in [1.82, 2.24) is 10.2 Å². The fourth-order valence-corrected chi connectivity index (χ4v) is 6.04. The lowest BCUT2D eigenvalue weighted by Crippen LogP contribution is -2.52. The Hall–Kier alpha value is -1.90. The zero-order valence-corrected chi connectivity index (χ0v) is 20.9. The minimum Gasteiger partial charge on any atom is -0.379 e. The molecule has 2 unspecified atom stereocenters. The van der Waals surface area contributed by atoms with Crippen molar-refractivity contribution in [2.75, 3.05) is 33.4 Å². The second kappa shape index (κ2) is 10.6. The molecule has 1 amide bonds. The number of alkyl halides is 3. The number of carbonyl (C=O) groups is 1. The highest BCUT2D eigenvalue weighted by Gasteiger charge is 2.50. The minimum atomic E-state index is -4.40. The molecule has 0 spiro atoms. The molecule has 1 saturated heterocycles. The molecule has 4 rings (SSSR count). The Morgan fingerprint density at radius 2 is 2.03 bits per heavy atom. The summed E-state index contributed by atoms with van der Waals surface area (Å²) in [6.45, 7) is 6.29. The number of methoxy groups -OCH3 is 1. The number of nitrogens with zero attached hydrogens (tertiary/aromatic N) is 1. The molecule has 1 aromatic rings. The normalized spacial score (nSPS) is 30.0. The molecule has 5 nitrogen and oxygen atoms in total. The first-order valence-corrected chi connectivity index (χ1v) is 12.7. The van der Waals surface area contributed by atoms with Crippen molar-refractivity contribution in [3.63, 3.8) is 0 Å². The van der Waals surface area contributed by atoms with Gasteiger partial charge in [0.1, 0.15) is 0 Å². The molecule has 35 heavy (non-hydrogen) atoms.